The molecule has 2 aromatic carbocycles. The number of aliphatic imine (C=N–C) groups is 1. The second-order valence-corrected chi connectivity index (χ2v) is 6.69. The van der Waals surface area contributed by atoms with Gasteiger partial charge in [-0.2, -0.15) is 0 Å². The van der Waals surface area contributed by atoms with Crippen molar-refractivity contribution in [2.45, 2.75) is 32.4 Å². The molecule has 0 radical (unpaired) electrons. The summed E-state index contributed by atoms with van der Waals surface area (Å²) in [5, 5.41) is 6.88. The van der Waals surface area contributed by atoms with Crippen LogP contribution in [0.1, 0.15) is 36.1 Å². The van der Waals surface area contributed by atoms with Gasteiger partial charge in [0.15, 0.2) is 5.96 Å². The summed E-state index contributed by atoms with van der Waals surface area (Å²) in [7, 11) is 3.99. The summed E-state index contributed by atoms with van der Waals surface area (Å²) in [6.07, 6.45) is 2.41. The number of guanidine groups is 1. The summed E-state index contributed by atoms with van der Waals surface area (Å²) in [6, 6.07) is 17.4. The maximum absolute atomic E-state index is 4.35. The van der Waals surface area contributed by atoms with Crippen molar-refractivity contribution in [1.29, 1.82) is 0 Å². The second kappa shape index (κ2) is 8.06. The van der Waals surface area contributed by atoms with Gasteiger partial charge in [-0.05, 0) is 42.5 Å². The number of hydrogen-bond donors (Lipinski definition) is 2. The predicted octanol–water partition coefficient (Wildman–Crippen LogP) is 3.50. The van der Waals surface area contributed by atoms with E-state index in [0.717, 1.165) is 19.0 Å². The van der Waals surface area contributed by atoms with Crippen molar-refractivity contribution >= 4 is 11.6 Å². The molecular formula is C21H28N4. The van der Waals surface area contributed by atoms with Crippen molar-refractivity contribution in [2.24, 2.45) is 4.99 Å². The molecule has 25 heavy (non-hydrogen) atoms. The Labute approximate surface area is 151 Å². The number of rotatable bonds is 4. The zero-order valence-electron chi connectivity index (χ0n) is 15.4. The van der Waals surface area contributed by atoms with Gasteiger partial charge in [-0.3, -0.25) is 4.99 Å². The summed E-state index contributed by atoms with van der Waals surface area (Å²) in [4.78, 5) is 6.70. The summed E-state index contributed by atoms with van der Waals surface area (Å²) < 4.78 is 0. The van der Waals surface area contributed by atoms with Crippen molar-refractivity contribution in [1.82, 2.24) is 10.6 Å². The molecule has 0 fully saturated rings. The molecule has 0 aliphatic carbocycles. The standard InChI is InChI=1S/C21H28N4/c1-16(18-8-5-4-6-9-18)24-21(22-2)23-15-17-11-12-20-19(14-17)10-7-13-25(20)3/h4-6,8-9,11-12,14,16H,7,10,13,15H2,1-3H3,(H2,22,23,24). The molecule has 1 heterocycles. The molecule has 1 aliphatic heterocycles. The van der Waals surface area contributed by atoms with Gasteiger partial charge in [-0.25, -0.2) is 0 Å². The molecule has 0 amide bonds. The quantitative estimate of drug-likeness (QED) is 0.663. The molecule has 0 spiro atoms. The Morgan fingerprint density at radius 2 is 2.00 bits per heavy atom. The van der Waals surface area contributed by atoms with Crippen LogP contribution in [0.3, 0.4) is 0 Å². The maximum Gasteiger partial charge on any atom is 0.191 e. The van der Waals surface area contributed by atoms with Crippen LogP contribution in [0, 0.1) is 0 Å². The monoisotopic (exact) mass is 336 g/mol. The van der Waals surface area contributed by atoms with Crippen molar-refractivity contribution in [3.05, 3.63) is 65.2 Å². The number of fused-ring (bicyclic) bond motifs is 1. The Morgan fingerprint density at radius 1 is 1.20 bits per heavy atom. The van der Waals surface area contributed by atoms with Crippen LogP contribution >= 0.6 is 0 Å². The van der Waals surface area contributed by atoms with E-state index < -0.39 is 0 Å². The van der Waals surface area contributed by atoms with Crippen LogP contribution in [0.5, 0.6) is 0 Å². The highest BCUT2D eigenvalue weighted by molar-refractivity contribution is 5.80. The van der Waals surface area contributed by atoms with Crippen molar-refractivity contribution in [2.75, 3.05) is 25.5 Å². The zero-order chi connectivity index (χ0) is 17.6. The van der Waals surface area contributed by atoms with Crippen molar-refractivity contribution < 1.29 is 0 Å². The van der Waals surface area contributed by atoms with E-state index in [-0.39, 0.29) is 6.04 Å². The molecule has 0 saturated carbocycles. The van der Waals surface area contributed by atoms with Gasteiger partial charge < -0.3 is 15.5 Å². The Hall–Kier alpha value is -2.49. The molecule has 132 valence electrons. The summed E-state index contributed by atoms with van der Waals surface area (Å²) in [5.41, 5.74) is 5.37. The van der Waals surface area contributed by atoms with E-state index in [4.69, 9.17) is 0 Å². The first-order valence-electron chi connectivity index (χ1n) is 9.02. The average molecular weight is 336 g/mol. The lowest BCUT2D eigenvalue weighted by atomic mass is 9.99. The van der Waals surface area contributed by atoms with Gasteiger partial charge in [0.25, 0.3) is 0 Å². The predicted molar refractivity (Wildman–Crippen MR) is 106 cm³/mol. The number of nitrogens with zero attached hydrogens (tertiary/aromatic N) is 2. The third-order valence-corrected chi connectivity index (χ3v) is 4.83. The topological polar surface area (TPSA) is 39.7 Å². The van der Waals surface area contributed by atoms with Gasteiger partial charge in [0, 0.05) is 32.9 Å². The summed E-state index contributed by atoms with van der Waals surface area (Å²) in [5.74, 6) is 0.825. The van der Waals surface area contributed by atoms with E-state index in [1.807, 2.05) is 13.1 Å². The van der Waals surface area contributed by atoms with E-state index in [9.17, 15) is 0 Å². The Morgan fingerprint density at radius 3 is 2.76 bits per heavy atom. The first-order chi connectivity index (χ1) is 12.2. The highest BCUT2D eigenvalue weighted by Crippen LogP contribution is 2.26. The first kappa shape index (κ1) is 17.3. The minimum atomic E-state index is 0.213. The summed E-state index contributed by atoms with van der Waals surface area (Å²) >= 11 is 0. The molecule has 0 bridgehead atoms. The lowest BCUT2D eigenvalue weighted by Gasteiger charge is -2.28. The van der Waals surface area contributed by atoms with E-state index in [0.29, 0.717) is 0 Å². The fraction of sp³-hybridized carbons (Fsp3) is 0.381. The molecule has 0 aromatic heterocycles. The molecule has 4 nitrogen and oxygen atoms in total. The number of anilines is 1. The van der Waals surface area contributed by atoms with Crippen LogP contribution in [0.2, 0.25) is 0 Å². The minimum absolute atomic E-state index is 0.213. The fourth-order valence-corrected chi connectivity index (χ4v) is 3.36. The van der Waals surface area contributed by atoms with Crippen LogP contribution in [0.25, 0.3) is 0 Å². The van der Waals surface area contributed by atoms with Crippen LogP contribution in [-0.4, -0.2) is 26.6 Å². The average Bonchev–Trinajstić information content (AvgIpc) is 2.65. The molecule has 1 atom stereocenters. The van der Waals surface area contributed by atoms with Gasteiger partial charge in [0.2, 0.25) is 0 Å². The van der Waals surface area contributed by atoms with Gasteiger partial charge in [0.1, 0.15) is 0 Å². The van der Waals surface area contributed by atoms with Crippen LogP contribution in [-0.2, 0) is 13.0 Å². The van der Waals surface area contributed by atoms with E-state index in [2.05, 4.69) is 77.0 Å². The Kier molecular flexibility index (Phi) is 5.59. The molecule has 0 saturated heterocycles. The number of benzene rings is 2. The molecule has 1 unspecified atom stereocenters. The van der Waals surface area contributed by atoms with Gasteiger partial charge in [-0.1, -0.05) is 42.5 Å². The molecule has 3 rings (SSSR count). The SMILES string of the molecule is CN=C(NCc1ccc2c(c1)CCCN2C)NC(C)c1ccccc1. The zero-order valence-corrected chi connectivity index (χ0v) is 15.4. The first-order valence-corrected chi connectivity index (χ1v) is 9.02. The van der Waals surface area contributed by atoms with Gasteiger partial charge >= 0.3 is 0 Å². The highest BCUT2D eigenvalue weighted by atomic mass is 15.2. The fourth-order valence-electron chi connectivity index (χ4n) is 3.36. The largest absolute Gasteiger partial charge is 0.374 e. The van der Waals surface area contributed by atoms with Crippen molar-refractivity contribution in [3.8, 4) is 0 Å². The van der Waals surface area contributed by atoms with Gasteiger partial charge in [0.05, 0.1) is 6.04 Å². The molecule has 2 aromatic rings. The maximum atomic E-state index is 4.35. The van der Waals surface area contributed by atoms with Gasteiger partial charge in [-0.15, -0.1) is 0 Å². The van der Waals surface area contributed by atoms with Crippen LogP contribution in [0.4, 0.5) is 5.69 Å². The lowest BCUT2D eigenvalue weighted by molar-refractivity contribution is 0.684. The third kappa shape index (κ3) is 4.32. The smallest absolute Gasteiger partial charge is 0.191 e. The molecule has 4 heteroatoms. The molecule has 1 aliphatic rings. The molecular weight excluding hydrogens is 308 g/mol. The Balaban J connectivity index is 1.60. The number of aryl methyl sites for hydroxylation is 1. The summed E-state index contributed by atoms with van der Waals surface area (Å²) in [6.45, 7) is 4.08. The number of nitrogens with one attached hydrogen (secondary N) is 2. The lowest BCUT2D eigenvalue weighted by Crippen LogP contribution is -2.38. The minimum Gasteiger partial charge on any atom is -0.374 e. The van der Waals surface area contributed by atoms with Crippen molar-refractivity contribution in [3.63, 3.8) is 0 Å². The Bertz CT molecular complexity index is 724. The van der Waals surface area contributed by atoms with E-state index >= 15 is 0 Å². The van der Waals surface area contributed by atoms with Crippen LogP contribution < -0.4 is 15.5 Å². The molecule has 2 N–H and O–H groups in total. The number of hydrogen-bond acceptors (Lipinski definition) is 2. The van der Waals surface area contributed by atoms with Crippen LogP contribution in [0.15, 0.2) is 53.5 Å². The normalized spacial score (nSPS) is 15.5. The highest BCUT2D eigenvalue weighted by Gasteiger charge is 2.14. The second-order valence-electron chi connectivity index (χ2n) is 6.69. The van der Waals surface area contributed by atoms with E-state index in [1.165, 1.54) is 35.2 Å². The van der Waals surface area contributed by atoms with E-state index in [1.54, 1.807) is 0 Å². The third-order valence-electron chi connectivity index (χ3n) is 4.83.